The van der Waals surface area contributed by atoms with E-state index in [0.29, 0.717) is 13.0 Å². The largest absolute Gasteiger partial charge is 0.396 e. The minimum absolute atomic E-state index is 0.0530. The quantitative estimate of drug-likeness (QED) is 0.440. The van der Waals surface area contributed by atoms with Crippen molar-refractivity contribution in [2.24, 2.45) is 0 Å². The van der Waals surface area contributed by atoms with E-state index in [9.17, 15) is 14.9 Å². The van der Waals surface area contributed by atoms with Crippen LogP contribution in [-0.2, 0) is 0 Å². The van der Waals surface area contributed by atoms with Gasteiger partial charge in [-0.05, 0) is 6.42 Å². The Balaban J connectivity index is 2.51. The van der Waals surface area contributed by atoms with Gasteiger partial charge < -0.3 is 10.4 Å². The Hall–Kier alpha value is -2.07. The van der Waals surface area contributed by atoms with E-state index in [0.717, 1.165) is 15.9 Å². The molecule has 96 valence electrons. The molecule has 0 atom stereocenters. The lowest BCUT2D eigenvalue weighted by molar-refractivity contribution is -0.385. The lowest BCUT2D eigenvalue weighted by atomic mass is 10.4. The van der Waals surface area contributed by atoms with Crippen molar-refractivity contribution in [3.63, 3.8) is 0 Å². The van der Waals surface area contributed by atoms with Gasteiger partial charge >= 0.3 is 11.2 Å². The molecule has 0 aliphatic heterocycles. The number of anilines is 1. The number of nitrogens with one attached hydrogen (secondary N) is 1. The zero-order valence-corrected chi connectivity index (χ0v) is 9.88. The molecule has 2 rings (SSSR count). The van der Waals surface area contributed by atoms with Crippen LogP contribution in [0.5, 0.6) is 0 Å². The summed E-state index contributed by atoms with van der Waals surface area (Å²) in [6.45, 7) is 0.237. The highest BCUT2D eigenvalue weighted by Gasteiger charge is 2.24. The van der Waals surface area contributed by atoms with Crippen molar-refractivity contribution in [1.82, 2.24) is 14.6 Å². The average Bonchev–Trinajstić information content (AvgIpc) is 2.77. The van der Waals surface area contributed by atoms with E-state index in [-0.39, 0.29) is 17.4 Å². The Morgan fingerprint density at radius 1 is 1.61 bits per heavy atom. The van der Waals surface area contributed by atoms with Gasteiger partial charge in [-0.3, -0.25) is 14.9 Å². The fraction of sp³-hybridized carbons (Fsp3) is 0.375. The Morgan fingerprint density at radius 2 is 2.39 bits per heavy atom. The van der Waals surface area contributed by atoms with Crippen molar-refractivity contribution in [3.05, 3.63) is 26.0 Å². The minimum atomic E-state index is -0.822. The third-order valence-corrected chi connectivity index (χ3v) is 2.81. The van der Waals surface area contributed by atoms with Gasteiger partial charge in [-0.2, -0.15) is 14.6 Å². The fourth-order valence-electron chi connectivity index (χ4n) is 1.35. The van der Waals surface area contributed by atoms with Gasteiger partial charge in [-0.1, -0.05) is 11.3 Å². The SMILES string of the molecule is O=c1c([N+](=O)[O-])c(NCCCO)nc2scnn12. The molecule has 0 radical (unpaired) electrons. The summed E-state index contributed by atoms with van der Waals surface area (Å²) in [5, 5.41) is 25.9. The van der Waals surface area contributed by atoms with Crippen LogP contribution < -0.4 is 10.9 Å². The molecule has 0 spiro atoms. The molecule has 10 heteroatoms. The molecule has 18 heavy (non-hydrogen) atoms. The van der Waals surface area contributed by atoms with Crippen LogP contribution >= 0.6 is 11.3 Å². The van der Waals surface area contributed by atoms with E-state index in [1.165, 1.54) is 5.51 Å². The molecule has 2 aromatic heterocycles. The highest BCUT2D eigenvalue weighted by atomic mass is 32.1. The van der Waals surface area contributed by atoms with Crippen molar-refractivity contribution < 1.29 is 10.0 Å². The second-order valence-electron chi connectivity index (χ2n) is 3.31. The lowest BCUT2D eigenvalue weighted by Gasteiger charge is -2.04. The van der Waals surface area contributed by atoms with Crippen LogP contribution in [0.25, 0.3) is 4.96 Å². The molecule has 2 N–H and O–H groups in total. The van der Waals surface area contributed by atoms with Gasteiger partial charge in [0.2, 0.25) is 10.8 Å². The van der Waals surface area contributed by atoms with Gasteiger partial charge in [0.1, 0.15) is 5.51 Å². The van der Waals surface area contributed by atoms with Gasteiger partial charge in [0.05, 0.1) is 4.92 Å². The third-order valence-electron chi connectivity index (χ3n) is 2.14. The minimum Gasteiger partial charge on any atom is -0.396 e. The van der Waals surface area contributed by atoms with Crippen LogP contribution in [0.3, 0.4) is 0 Å². The van der Waals surface area contributed by atoms with Gasteiger partial charge in [0.15, 0.2) is 0 Å². The van der Waals surface area contributed by atoms with E-state index < -0.39 is 16.2 Å². The van der Waals surface area contributed by atoms with Crippen LogP contribution in [0.15, 0.2) is 10.3 Å². The molecule has 0 aliphatic carbocycles. The number of rotatable bonds is 5. The Morgan fingerprint density at radius 3 is 3.06 bits per heavy atom. The van der Waals surface area contributed by atoms with Crippen LogP contribution in [0.1, 0.15) is 6.42 Å². The number of nitrogens with zero attached hydrogens (tertiary/aromatic N) is 4. The number of hydrogen-bond donors (Lipinski definition) is 2. The van der Waals surface area contributed by atoms with Gasteiger partial charge in [-0.15, -0.1) is 0 Å². The van der Waals surface area contributed by atoms with E-state index in [2.05, 4.69) is 15.4 Å². The van der Waals surface area contributed by atoms with Crippen molar-refractivity contribution in [1.29, 1.82) is 0 Å². The summed E-state index contributed by atoms with van der Waals surface area (Å²) in [7, 11) is 0. The van der Waals surface area contributed by atoms with Crippen molar-refractivity contribution in [2.45, 2.75) is 6.42 Å². The maximum atomic E-state index is 11.8. The summed E-state index contributed by atoms with van der Waals surface area (Å²) in [5.74, 6) is -0.0947. The summed E-state index contributed by atoms with van der Waals surface area (Å²) in [4.78, 5) is 26.2. The summed E-state index contributed by atoms with van der Waals surface area (Å²) in [5.41, 5.74) is -0.0839. The van der Waals surface area contributed by atoms with Crippen molar-refractivity contribution in [3.8, 4) is 0 Å². The molecule has 2 aromatic rings. The molecular formula is C8H9N5O4S. The number of aliphatic hydroxyl groups is 1. The molecule has 0 fully saturated rings. The second-order valence-corrected chi connectivity index (χ2v) is 4.12. The topological polar surface area (TPSA) is 123 Å². The molecule has 2 heterocycles. The molecule has 0 saturated carbocycles. The van der Waals surface area contributed by atoms with Crippen molar-refractivity contribution in [2.75, 3.05) is 18.5 Å². The average molecular weight is 271 g/mol. The van der Waals surface area contributed by atoms with Gasteiger partial charge in [-0.25, -0.2) is 0 Å². The zero-order chi connectivity index (χ0) is 13.1. The maximum absolute atomic E-state index is 11.8. The molecule has 0 aliphatic rings. The summed E-state index contributed by atoms with van der Waals surface area (Å²) in [6.07, 6.45) is 0.404. The molecule has 0 saturated heterocycles. The Kier molecular flexibility index (Phi) is 3.48. The first-order valence-corrected chi connectivity index (χ1v) is 5.88. The van der Waals surface area contributed by atoms with Crippen LogP contribution in [0, 0.1) is 10.1 Å². The predicted octanol–water partition coefficient (Wildman–Crippen LogP) is -0.147. The predicted molar refractivity (Wildman–Crippen MR) is 64.0 cm³/mol. The van der Waals surface area contributed by atoms with Crippen molar-refractivity contribution >= 4 is 27.8 Å². The summed E-state index contributed by atoms with van der Waals surface area (Å²) in [6, 6.07) is 0. The van der Waals surface area contributed by atoms with E-state index >= 15 is 0 Å². The van der Waals surface area contributed by atoms with Crippen LogP contribution in [0.2, 0.25) is 0 Å². The number of aliphatic hydroxyl groups excluding tert-OH is 1. The first-order valence-electron chi connectivity index (χ1n) is 5.01. The smallest absolute Gasteiger partial charge is 0.377 e. The number of hydrogen-bond acceptors (Lipinski definition) is 8. The molecule has 0 aromatic carbocycles. The first-order chi connectivity index (χ1) is 8.65. The molecule has 0 amide bonds. The fourth-order valence-corrected chi connectivity index (χ4v) is 1.96. The standard InChI is InChI=1S/C8H9N5O4S/c14-3-1-2-9-6-5(13(16)17)7(15)12-8(11-6)18-4-10-12/h4,9,14H,1-3H2. The van der Waals surface area contributed by atoms with Crippen LogP contribution in [0.4, 0.5) is 11.5 Å². The monoisotopic (exact) mass is 271 g/mol. The van der Waals surface area contributed by atoms with E-state index in [1.54, 1.807) is 0 Å². The maximum Gasteiger partial charge on any atom is 0.377 e. The number of nitro groups is 1. The second kappa shape index (κ2) is 5.06. The lowest BCUT2D eigenvalue weighted by Crippen LogP contribution is -2.21. The van der Waals surface area contributed by atoms with Crippen LogP contribution in [-0.4, -0.2) is 37.8 Å². The molecule has 9 nitrogen and oxygen atoms in total. The zero-order valence-electron chi connectivity index (χ0n) is 9.07. The van der Waals surface area contributed by atoms with E-state index in [1.807, 2.05) is 0 Å². The molecule has 0 bridgehead atoms. The highest BCUT2D eigenvalue weighted by Crippen LogP contribution is 2.19. The van der Waals surface area contributed by atoms with E-state index in [4.69, 9.17) is 5.11 Å². The van der Waals surface area contributed by atoms with Gasteiger partial charge in [0, 0.05) is 13.2 Å². The first kappa shape index (κ1) is 12.4. The van der Waals surface area contributed by atoms with Gasteiger partial charge in [0.25, 0.3) is 0 Å². The third kappa shape index (κ3) is 2.15. The number of fused-ring (bicyclic) bond motifs is 1. The summed E-state index contributed by atoms with van der Waals surface area (Å²) >= 11 is 1.10. The Labute approximate surface area is 104 Å². The molecular weight excluding hydrogens is 262 g/mol. The normalized spacial score (nSPS) is 10.7. The highest BCUT2D eigenvalue weighted by molar-refractivity contribution is 7.14. The summed E-state index contributed by atoms with van der Waals surface area (Å²) < 4.78 is 0.889. The molecule has 0 unspecified atom stereocenters. The Bertz CT molecular complexity index is 636. The number of aromatic nitrogens is 3.